The Balaban J connectivity index is 3.15. The van der Waals surface area contributed by atoms with Crippen LogP contribution in [0.1, 0.15) is 33.1 Å². The van der Waals surface area contributed by atoms with Gasteiger partial charge in [-0.1, -0.05) is 13.3 Å². The number of aliphatic hydroxyl groups excluding tert-OH is 1. The standard InChI is InChI=1S/C7H16OS/c1-3-4-7(9)5-6(2)8/h6-9H,3-5H2,1-2H3/t6-,7+/m0/s1. The van der Waals surface area contributed by atoms with Gasteiger partial charge in [0.2, 0.25) is 0 Å². The van der Waals surface area contributed by atoms with E-state index in [0.29, 0.717) is 5.25 Å². The maximum atomic E-state index is 8.90. The van der Waals surface area contributed by atoms with Crippen LogP contribution < -0.4 is 0 Å². The number of aliphatic hydroxyl groups is 1. The minimum Gasteiger partial charge on any atom is -0.393 e. The van der Waals surface area contributed by atoms with Gasteiger partial charge in [-0.25, -0.2) is 0 Å². The zero-order valence-corrected chi connectivity index (χ0v) is 7.06. The van der Waals surface area contributed by atoms with Crippen molar-refractivity contribution < 1.29 is 5.11 Å². The summed E-state index contributed by atoms with van der Waals surface area (Å²) in [6.45, 7) is 3.93. The zero-order valence-electron chi connectivity index (χ0n) is 6.17. The lowest BCUT2D eigenvalue weighted by Gasteiger charge is -2.09. The van der Waals surface area contributed by atoms with Gasteiger partial charge in [0, 0.05) is 5.25 Å². The molecule has 0 aromatic carbocycles. The maximum Gasteiger partial charge on any atom is 0.0522 e. The second-order valence-corrected chi connectivity index (χ2v) is 3.26. The largest absolute Gasteiger partial charge is 0.393 e. The number of hydrogen-bond acceptors (Lipinski definition) is 2. The summed E-state index contributed by atoms with van der Waals surface area (Å²) in [5.74, 6) is 0. The summed E-state index contributed by atoms with van der Waals surface area (Å²) in [5.41, 5.74) is 0. The van der Waals surface area contributed by atoms with Gasteiger partial charge in [-0.3, -0.25) is 0 Å². The average molecular weight is 148 g/mol. The summed E-state index contributed by atoms with van der Waals surface area (Å²) < 4.78 is 0. The second kappa shape index (κ2) is 5.12. The highest BCUT2D eigenvalue weighted by Gasteiger charge is 2.04. The first-order valence-electron chi connectivity index (χ1n) is 3.53. The summed E-state index contributed by atoms with van der Waals surface area (Å²) in [7, 11) is 0. The van der Waals surface area contributed by atoms with Crippen LogP contribution in [0.25, 0.3) is 0 Å². The highest BCUT2D eigenvalue weighted by molar-refractivity contribution is 7.80. The monoisotopic (exact) mass is 148 g/mol. The fraction of sp³-hybridized carbons (Fsp3) is 1.00. The molecule has 0 spiro atoms. The molecule has 0 saturated heterocycles. The third-order valence-electron chi connectivity index (χ3n) is 1.24. The third-order valence-corrected chi connectivity index (χ3v) is 1.70. The molecule has 0 unspecified atom stereocenters. The summed E-state index contributed by atoms with van der Waals surface area (Å²) >= 11 is 4.29. The molecule has 0 aromatic rings. The lowest BCUT2D eigenvalue weighted by atomic mass is 10.1. The van der Waals surface area contributed by atoms with Gasteiger partial charge in [-0.15, -0.1) is 0 Å². The molecule has 0 radical (unpaired) electrons. The van der Waals surface area contributed by atoms with Crippen molar-refractivity contribution in [3.63, 3.8) is 0 Å². The molecular formula is C7H16OS. The molecule has 0 amide bonds. The summed E-state index contributed by atoms with van der Waals surface area (Å²) in [5, 5.41) is 9.28. The van der Waals surface area contributed by atoms with Gasteiger partial charge in [0.25, 0.3) is 0 Å². The van der Waals surface area contributed by atoms with E-state index in [4.69, 9.17) is 5.11 Å². The molecule has 0 aromatic heterocycles. The van der Waals surface area contributed by atoms with Crippen LogP contribution in [0.2, 0.25) is 0 Å². The Bertz CT molecular complexity index is 63.9. The van der Waals surface area contributed by atoms with E-state index < -0.39 is 0 Å². The van der Waals surface area contributed by atoms with Crippen LogP contribution in [0.5, 0.6) is 0 Å². The van der Waals surface area contributed by atoms with Crippen molar-refractivity contribution in [2.75, 3.05) is 0 Å². The normalized spacial score (nSPS) is 17.3. The van der Waals surface area contributed by atoms with E-state index in [1.54, 1.807) is 6.92 Å². The maximum absolute atomic E-state index is 8.90. The lowest BCUT2D eigenvalue weighted by Crippen LogP contribution is -2.09. The first-order valence-corrected chi connectivity index (χ1v) is 4.04. The van der Waals surface area contributed by atoms with Crippen LogP contribution in [0.4, 0.5) is 0 Å². The Morgan fingerprint density at radius 1 is 1.56 bits per heavy atom. The summed E-state index contributed by atoms with van der Waals surface area (Å²) in [6, 6.07) is 0. The van der Waals surface area contributed by atoms with Crippen LogP contribution in [0, 0.1) is 0 Å². The Labute approximate surface area is 62.9 Å². The Morgan fingerprint density at radius 2 is 2.11 bits per heavy atom. The molecule has 0 heterocycles. The summed E-state index contributed by atoms with van der Waals surface area (Å²) in [4.78, 5) is 0. The molecule has 0 fully saturated rings. The molecule has 2 heteroatoms. The fourth-order valence-corrected chi connectivity index (χ4v) is 1.41. The first-order chi connectivity index (χ1) is 4.16. The van der Waals surface area contributed by atoms with Crippen LogP contribution >= 0.6 is 12.6 Å². The van der Waals surface area contributed by atoms with E-state index in [9.17, 15) is 0 Å². The Morgan fingerprint density at radius 3 is 2.44 bits per heavy atom. The number of hydrogen-bond donors (Lipinski definition) is 2. The molecular weight excluding hydrogens is 132 g/mol. The number of rotatable bonds is 4. The molecule has 56 valence electrons. The van der Waals surface area contributed by atoms with Gasteiger partial charge in [0.1, 0.15) is 0 Å². The van der Waals surface area contributed by atoms with Gasteiger partial charge >= 0.3 is 0 Å². The van der Waals surface area contributed by atoms with Crippen LogP contribution in [0.3, 0.4) is 0 Å². The lowest BCUT2D eigenvalue weighted by molar-refractivity contribution is 0.183. The fourth-order valence-electron chi connectivity index (χ4n) is 0.845. The van der Waals surface area contributed by atoms with Gasteiger partial charge < -0.3 is 5.11 Å². The highest BCUT2D eigenvalue weighted by Crippen LogP contribution is 2.10. The van der Waals surface area contributed by atoms with E-state index in [-0.39, 0.29) is 6.10 Å². The molecule has 0 saturated carbocycles. The minimum atomic E-state index is -0.195. The quantitative estimate of drug-likeness (QED) is 0.583. The second-order valence-electron chi connectivity index (χ2n) is 2.53. The molecule has 0 bridgehead atoms. The average Bonchev–Trinajstić information content (AvgIpc) is 1.63. The molecule has 0 aliphatic carbocycles. The van der Waals surface area contributed by atoms with Gasteiger partial charge in [0.15, 0.2) is 0 Å². The molecule has 9 heavy (non-hydrogen) atoms. The van der Waals surface area contributed by atoms with Crippen molar-refractivity contribution in [2.45, 2.75) is 44.5 Å². The Hall–Kier alpha value is 0.310. The Kier molecular flexibility index (Phi) is 5.30. The van der Waals surface area contributed by atoms with E-state index in [0.717, 1.165) is 19.3 Å². The van der Waals surface area contributed by atoms with Gasteiger partial charge in [-0.05, 0) is 19.8 Å². The van der Waals surface area contributed by atoms with Gasteiger partial charge in [-0.2, -0.15) is 12.6 Å². The van der Waals surface area contributed by atoms with E-state index >= 15 is 0 Å². The molecule has 1 nitrogen and oxygen atoms in total. The smallest absolute Gasteiger partial charge is 0.0522 e. The van der Waals surface area contributed by atoms with Crippen molar-refractivity contribution in [1.29, 1.82) is 0 Å². The highest BCUT2D eigenvalue weighted by atomic mass is 32.1. The van der Waals surface area contributed by atoms with Crippen LogP contribution in [-0.4, -0.2) is 16.5 Å². The third kappa shape index (κ3) is 6.19. The molecule has 0 rings (SSSR count). The predicted molar refractivity (Wildman–Crippen MR) is 44.0 cm³/mol. The van der Waals surface area contributed by atoms with Crippen molar-refractivity contribution >= 4 is 12.6 Å². The molecule has 1 N–H and O–H groups in total. The summed E-state index contributed by atoms with van der Waals surface area (Å²) in [6.07, 6.45) is 2.88. The zero-order chi connectivity index (χ0) is 7.28. The van der Waals surface area contributed by atoms with Crippen molar-refractivity contribution in [3.05, 3.63) is 0 Å². The van der Waals surface area contributed by atoms with Crippen molar-refractivity contribution in [1.82, 2.24) is 0 Å². The van der Waals surface area contributed by atoms with E-state index in [1.807, 2.05) is 0 Å². The van der Waals surface area contributed by atoms with E-state index in [2.05, 4.69) is 19.6 Å². The molecule has 0 aliphatic heterocycles. The SMILES string of the molecule is CCC[C@@H](S)C[C@H](C)O. The van der Waals surface area contributed by atoms with Gasteiger partial charge in [0.05, 0.1) is 6.10 Å². The van der Waals surface area contributed by atoms with Crippen molar-refractivity contribution in [2.24, 2.45) is 0 Å². The number of thiol groups is 1. The molecule has 0 aliphatic rings. The minimum absolute atomic E-state index is 0.195. The molecule has 2 atom stereocenters. The first kappa shape index (κ1) is 9.31. The van der Waals surface area contributed by atoms with Crippen molar-refractivity contribution in [3.8, 4) is 0 Å². The van der Waals surface area contributed by atoms with Crippen LogP contribution in [-0.2, 0) is 0 Å². The van der Waals surface area contributed by atoms with Crippen LogP contribution in [0.15, 0.2) is 0 Å². The van der Waals surface area contributed by atoms with E-state index in [1.165, 1.54) is 0 Å². The predicted octanol–water partition coefficient (Wildman–Crippen LogP) is 1.86. The topological polar surface area (TPSA) is 20.2 Å².